The number of rotatable bonds is 1. The normalized spacial score (nSPS) is 7.17. The van der Waals surface area contributed by atoms with E-state index in [0.717, 1.165) is 12.0 Å². The van der Waals surface area contributed by atoms with Crippen molar-refractivity contribution in [3.63, 3.8) is 0 Å². The molecule has 0 fully saturated rings. The summed E-state index contributed by atoms with van der Waals surface area (Å²) in [5.74, 6) is -0.259. The number of halogens is 1. The second-order valence-electron chi connectivity index (χ2n) is 2.15. The van der Waals surface area contributed by atoms with Crippen LogP contribution < -0.4 is 0 Å². The number of carbonyl (C=O) groups is 1. The molecule has 0 saturated carbocycles. The van der Waals surface area contributed by atoms with Gasteiger partial charge in [0.2, 0.25) is 0 Å². The van der Waals surface area contributed by atoms with Gasteiger partial charge < -0.3 is 10.0 Å². The maximum atomic E-state index is 9.25. The molecule has 12 heavy (non-hydrogen) atoms. The van der Waals surface area contributed by atoms with E-state index in [1.807, 2.05) is 33.0 Å². The third-order valence-corrected chi connectivity index (χ3v) is 0.175. The quantitative estimate of drug-likeness (QED) is 0.511. The Hall–Kier alpha value is -0.540. The molecule has 74 valence electrons. The lowest BCUT2D eigenvalue weighted by molar-refractivity contribution is -0.131. The molecule has 0 aromatic rings. The second kappa shape index (κ2) is 16.8. The van der Waals surface area contributed by atoms with Crippen LogP contribution in [0.5, 0.6) is 0 Å². The minimum atomic E-state index is -0.981. The van der Waals surface area contributed by atoms with Crippen molar-refractivity contribution >= 4 is 17.6 Å². The third-order valence-electron chi connectivity index (χ3n) is 0.175. The van der Waals surface area contributed by atoms with Crippen molar-refractivity contribution < 1.29 is 9.90 Å². The highest BCUT2D eigenvalue weighted by Crippen LogP contribution is 1.59. The monoisotopic (exact) mass is 195 g/mol. The summed E-state index contributed by atoms with van der Waals surface area (Å²) >= 11 is 5.00. The van der Waals surface area contributed by atoms with Crippen LogP contribution >= 0.6 is 11.6 Å². The van der Waals surface area contributed by atoms with Crippen LogP contribution in [0.1, 0.15) is 6.92 Å². The highest BCUT2D eigenvalue weighted by atomic mass is 35.5. The Morgan fingerprint density at radius 2 is 1.67 bits per heavy atom. The minimum absolute atomic E-state index is 0.722. The zero-order valence-corrected chi connectivity index (χ0v) is 8.93. The number of carboxylic acids is 1. The maximum Gasteiger partial charge on any atom is 0.327 e. The van der Waals surface area contributed by atoms with Gasteiger partial charge in [-0.15, -0.1) is 11.6 Å². The molecule has 0 bridgehead atoms. The van der Waals surface area contributed by atoms with Gasteiger partial charge >= 0.3 is 5.97 Å². The van der Waals surface area contributed by atoms with Crippen molar-refractivity contribution in [2.24, 2.45) is 0 Å². The molecular weight excluding hydrogens is 178 g/mol. The van der Waals surface area contributed by atoms with Crippen molar-refractivity contribution in [3.8, 4) is 0 Å². The van der Waals surface area contributed by atoms with E-state index in [0.29, 0.717) is 0 Å². The first-order valence-corrected chi connectivity index (χ1v) is 3.98. The summed E-state index contributed by atoms with van der Waals surface area (Å²) in [6.45, 7) is 4.85. The molecule has 0 aromatic carbocycles. The minimum Gasteiger partial charge on any atom is -0.478 e. The summed E-state index contributed by atoms with van der Waals surface area (Å²) < 4.78 is 0. The fraction of sp³-hybridized carbons (Fsp3) is 0.625. The first-order valence-electron chi connectivity index (χ1n) is 3.44. The maximum absolute atomic E-state index is 9.25. The second-order valence-corrected chi connectivity index (χ2v) is 2.69. The zero-order valence-electron chi connectivity index (χ0n) is 8.17. The highest BCUT2D eigenvalue weighted by Gasteiger charge is 1.73. The topological polar surface area (TPSA) is 40.5 Å². The summed E-state index contributed by atoms with van der Waals surface area (Å²) in [7, 11) is 6.00. The van der Waals surface area contributed by atoms with Gasteiger partial charge in [-0.3, -0.25) is 0 Å². The molecule has 0 aliphatic heterocycles. The number of carboxylic acid groups (broad SMARTS) is 1. The third kappa shape index (κ3) is 318. The van der Waals surface area contributed by atoms with Gasteiger partial charge in [0.1, 0.15) is 0 Å². The van der Waals surface area contributed by atoms with Crippen LogP contribution in [0.3, 0.4) is 0 Å². The van der Waals surface area contributed by atoms with Crippen molar-refractivity contribution in [2.45, 2.75) is 6.92 Å². The number of aliphatic carboxylic acids is 1. The fourth-order valence-electron chi connectivity index (χ4n) is 0. The van der Waals surface area contributed by atoms with Gasteiger partial charge in [0, 0.05) is 12.0 Å². The van der Waals surface area contributed by atoms with Gasteiger partial charge in [-0.1, -0.05) is 13.5 Å². The summed E-state index contributed by atoms with van der Waals surface area (Å²) in [5.41, 5.74) is 0. The Morgan fingerprint density at radius 1 is 1.58 bits per heavy atom. The van der Waals surface area contributed by atoms with Gasteiger partial charge in [-0.05, 0) is 21.1 Å². The SMILES string of the molecule is C=CC(=O)O.CCCl.CN(C)C. The lowest BCUT2D eigenvalue weighted by atomic mass is 10.7. The molecule has 0 radical (unpaired) electrons. The molecule has 0 aliphatic rings. The first kappa shape index (κ1) is 17.5. The number of alkyl halides is 1. The van der Waals surface area contributed by atoms with Crippen molar-refractivity contribution in [1.82, 2.24) is 4.90 Å². The molecule has 3 nitrogen and oxygen atoms in total. The summed E-state index contributed by atoms with van der Waals surface area (Å²) in [4.78, 5) is 11.2. The fourth-order valence-corrected chi connectivity index (χ4v) is 0. The van der Waals surface area contributed by atoms with Gasteiger partial charge in [-0.2, -0.15) is 0 Å². The molecule has 0 saturated heterocycles. The van der Waals surface area contributed by atoms with E-state index in [2.05, 4.69) is 6.58 Å². The number of hydrogen-bond acceptors (Lipinski definition) is 2. The first-order chi connectivity index (χ1) is 5.42. The molecule has 0 spiro atoms. The average molecular weight is 196 g/mol. The predicted molar refractivity (Wildman–Crippen MR) is 53.8 cm³/mol. The molecule has 0 unspecified atom stereocenters. The smallest absolute Gasteiger partial charge is 0.327 e. The number of hydrogen-bond donors (Lipinski definition) is 1. The largest absolute Gasteiger partial charge is 0.478 e. The van der Waals surface area contributed by atoms with E-state index in [9.17, 15) is 4.79 Å². The Morgan fingerprint density at radius 3 is 1.67 bits per heavy atom. The lowest BCUT2D eigenvalue weighted by Crippen LogP contribution is -1.99. The van der Waals surface area contributed by atoms with E-state index >= 15 is 0 Å². The van der Waals surface area contributed by atoms with Crippen molar-refractivity contribution in [2.75, 3.05) is 27.0 Å². The van der Waals surface area contributed by atoms with Gasteiger partial charge in [-0.25, -0.2) is 4.79 Å². The van der Waals surface area contributed by atoms with Crippen LogP contribution in [-0.4, -0.2) is 43.0 Å². The van der Waals surface area contributed by atoms with E-state index < -0.39 is 5.97 Å². The molecule has 1 N–H and O–H groups in total. The summed E-state index contributed by atoms with van der Waals surface area (Å²) in [6, 6.07) is 0. The van der Waals surface area contributed by atoms with Crippen LogP contribution in [0.15, 0.2) is 12.7 Å². The Kier molecular flexibility index (Phi) is 24.6. The van der Waals surface area contributed by atoms with Gasteiger partial charge in [0.15, 0.2) is 0 Å². The summed E-state index contributed by atoms with van der Waals surface area (Å²) in [5, 5.41) is 7.60. The Balaban J connectivity index is -0.000000105. The van der Waals surface area contributed by atoms with Crippen molar-refractivity contribution in [1.29, 1.82) is 0 Å². The summed E-state index contributed by atoms with van der Waals surface area (Å²) in [6.07, 6.45) is 0.833. The molecule has 0 atom stereocenters. The van der Waals surface area contributed by atoms with Gasteiger partial charge in [0.25, 0.3) is 0 Å². The highest BCUT2D eigenvalue weighted by molar-refractivity contribution is 6.17. The van der Waals surface area contributed by atoms with E-state index in [1.165, 1.54) is 0 Å². The lowest BCUT2D eigenvalue weighted by Gasteiger charge is -1.90. The van der Waals surface area contributed by atoms with Crippen LogP contribution in [-0.2, 0) is 4.79 Å². The van der Waals surface area contributed by atoms with E-state index in [4.69, 9.17) is 16.7 Å². The molecule has 4 heteroatoms. The van der Waals surface area contributed by atoms with E-state index in [1.54, 1.807) is 0 Å². The molecule has 0 aliphatic carbocycles. The van der Waals surface area contributed by atoms with Crippen LogP contribution in [0, 0.1) is 0 Å². The molecule has 0 aromatic heterocycles. The predicted octanol–water partition coefficient (Wildman–Crippen LogP) is 1.68. The Labute approximate surface area is 79.6 Å². The number of nitrogens with zero attached hydrogens (tertiary/aromatic N) is 1. The average Bonchev–Trinajstić information content (AvgIpc) is 1.88. The standard InChI is InChI=1S/C3H9N.C3H4O2.C2H5Cl/c1-4(2)3;1-2-3(4)5;1-2-3/h1-3H3;2H,1H2,(H,4,5);2H2,1H3. The van der Waals surface area contributed by atoms with Gasteiger partial charge in [0.05, 0.1) is 0 Å². The molecule has 0 rings (SSSR count). The molecular formula is C8H18ClNO2. The molecule has 0 amide bonds. The zero-order chi connectivity index (χ0) is 10.6. The van der Waals surface area contributed by atoms with Crippen molar-refractivity contribution in [3.05, 3.63) is 12.7 Å². The van der Waals surface area contributed by atoms with Crippen LogP contribution in [0.2, 0.25) is 0 Å². The van der Waals surface area contributed by atoms with Crippen LogP contribution in [0.25, 0.3) is 0 Å². The Bertz CT molecular complexity index is 102. The van der Waals surface area contributed by atoms with E-state index in [-0.39, 0.29) is 0 Å². The van der Waals surface area contributed by atoms with Crippen LogP contribution in [0.4, 0.5) is 0 Å². The molecule has 0 heterocycles.